The summed E-state index contributed by atoms with van der Waals surface area (Å²) in [6.45, 7) is 4.30. The molecule has 0 amide bonds. The van der Waals surface area contributed by atoms with Gasteiger partial charge in [0, 0.05) is 11.8 Å². The molecule has 0 bridgehead atoms. The molecule has 0 spiro atoms. The molecule has 0 radical (unpaired) electrons. The van der Waals surface area contributed by atoms with Crippen molar-refractivity contribution in [1.82, 2.24) is 0 Å². The van der Waals surface area contributed by atoms with Crippen LogP contribution in [0.2, 0.25) is 0 Å². The minimum absolute atomic E-state index is 0.000579. The highest BCUT2D eigenvalue weighted by atomic mass is 16.1. The summed E-state index contributed by atoms with van der Waals surface area (Å²) < 4.78 is 0. The first-order valence-electron chi connectivity index (χ1n) is 5.15. The van der Waals surface area contributed by atoms with Gasteiger partial charge in [-0.1, -0.05) is 26.7 Å². The normalized spacial score (nSPS) is 39.7. The average molecular weight is 166 g/mol. The second-order valence-electron chi connectivity index (χ2n) is 4.98. The third kappa shape index (κ3) is 1.02. The van der Waals surface area contributed by atoms with E-state index in [9.17, 15) is 4.79 Å². The molecular weight excluding hydrogens is 148 g/mol. The summed E-state index contributed by atoms with van der Waals surface area (Å²) in [5, 5.41) is 0. The van der Waals surface area contributed by atoms with Gasteiger partial charge in [0.25, 0.3) is 0 Å². The fraction of sp³-hybridized carbons (Fsp3) is 0.909. The number of hydrogen-bond donors (Lipinski definition) is 0. The number of carbonyl (C=O) groups excluding carboxylic acids is 1. The summed E-state index contributed by atoms with van der Waals surface area (Å²) in [7, 11) is 0. The zero-order valence-corrected chi connectivity index (χ0v) is 8.10. The molecule has 0 N–H and O–H groups in total. The van der Waals surface area contributed by atoms with Crippen LogP contribution in [0.5, 0.6) is 0 Å². The van der Waals surface area contributed by atoms with Crippen molar-refractivity contribution >= 4 is 5.78 Å². The molecule has 2 saturated carbocycles. The smallest absolute Gasteiger partial charge is 0.138 e. The molecule has 0 aromatic carbocycles. The largest absolute Gasteiger partial charge is 0.299 e. The van der Waals surface area contributed by atoms with E-state index in [1.807, 2.05) is 0 Å². The third-order valence-corrected chi connectivity index (χ3v) is 4.05. The van der Waals surface area contributed by atoms with Gasteiger partial charge in [-0.2, -0.15) is 0 Å². The molecule has 2 atom stereocenters. The first-order chi connectivity index (χ1) is 5.62. The number of rotatable bonds is 0. The zero-order chi connectivity index (χ0) is 8.77. The second kappa shape index (κ2) is 2.58. The van der Waals surface area contributed by atoms with Crippen molar-refractivity contribution < 1.29 is 4.79 Å². The van der Waals surface area contributed by atoms with E-state index >= 15 is 0 Å². The Labute approximate surface area is 74.5 Å². The lowest BCUT2D eigenvalue weighted by molar-refractivity contribution is -0.134. The van der Waals surface area contributed by atoms with Crippen molar-refractivity contribution in [2.45, 2.75) is 46.0 Å². The first-order valence-corrected chi connectivity index (χ1v) is 5.15. The Balaban J connectivity index is 2.23. The molecule has 2 aliphatic carbocycles. The number of hydrogen-bond acceptors (Lipinski definition) is 1. The minimum Gasteiger partial charge on any atom is -0.299 e. The SMILES string of the molecule is CC1(C)C(=O)CCC2CCCC21. The molecule has 2 fully saturated rings. The van der Waals surface area contributed by atoms with Crippen LogP contribution in [-0.2, 0) is 4.79 Å². The number of Topliss-reactive ketones (excluding diaryl/α,β-unsaturated/α-hetero) is 1. The highest BCUT2D eigenvalue weighted by Crippen LogP contribution is 2.50. The third-order valence-electron chi connectivity index (χ3n) is 4.05. The fourth-order valence-electron chi connectivity index (χ4n) is 3.18. The van der Waals surface area contributed by atoms with Crippen molar-refractivity contribution in [2.24, 2.45) is 17.3 Å². The summed E-state index contributed by atoms with van der Waals surface area (Å²) in [5.74, 6) is 2.09. The maximum atomic E-state index is 11.7. The van der Waals surface area contributed by atoms with Crippen LogP contribution in [0.25, 0.3) is 0 Å². The summed E-state index contributed by atoms with van der Waals surface area (Å²) >= 11 is 0. The van der Waals surface area contributed by atoms with E-state index < -0.39 is 0 Å². The van der Waals surface area contributed by atoms with Gasteiger partial charge in [-0.3, -0.25) is 4.79 Å². The van der Waals surface area contributed by atoms with Gasteiger partial charge >= 0.3 is 0 Å². The van der Waals surface area contributed by atoms with E-state index in [-0.39, 0.29) is 5.41 Å². The van der Waals surface area contributed by atoms with E-state index in [0.29, 0.717) is 11.7 Å². The summed E-state index contributed by atoms with van der Waals surface area (Å²) in [5.41, 5.74) is -0.000579. The van der Waals surface area contributed by atoms with E-state index in [1.165, 1.54) is 25.7 Å². The Bertz CT molecular complexity index is 205. The second-order valence-corrected chi connectivity index (χ2v) is 4.98. The summed E-state index contributed by atoms with van der Waals surface area (Å²) in [4.78, 5) is 11.7. The van der Waals surface area contributed by atoms with Crippen molar-refractivity contribution in [3.8, 4) is 0 Å². The van der Waals surface area contributed by atoms with Gasteiger partial charge in [0.15, 0.2) is 0 Å². The fourth-order valence-corrected chi connectivity index (χ4v) is 3.18. The number of carbonyl (C=O) groups is 1. The topological polar surface area (TPSA) is 17.1 Å². The van der Waals surface area contributed by atoms with Gasteiger partial charge < -0.3 is 0 Å². The monoisotopic (exact) mass is 166 g/mol. The Morgan fingerprint density at radius 2 is 2.00 bits per heavy atom. The summed E-state index contributed by atoms with van der Waals surface area (Å²) in [6.07, 6.45) is 6.04. The molecular formula is C11H18O. The van der Waals surface area contributed by atoms with Gasteiger partial charge in [-0.15, -0.1) is 0 Å². The van der Waals surface area contributed by atoms with Crippen molar-refractivity contribution in [2.75, 3.05) is 0 Å². The lowest BCUT2D eigenvalue weighted by atomic mass is 9.64. The van der Waals surface area contributed by atoms with E-state index in [2.05, 4.69) is 13.8 Å². The van der Waals surface area contributed by atoms with Crippen LogP contribution in [-0.4, -0.2) is 5.78 Å². The van der Waals surface area contributed by atoms with E-state index in [0.717, 1.165) is 12.3 Å². The molecule has 1 nitrogen and oxygen atoms in total. The molecule has 0 aromatic heterocycles. The lowest BCUT2D eigenvalue weighted by Gasteiger charge is -2.39. The molecule has 1 heteroatoms. The van der Waals surface area contributed by atoms with Crippen LogP contribution in [0.1, 0.15) is 46.0 Å². The molecule has 2 rings (SSSR count). The Morgan fingerprint density at radius 3 is 2.75 bits per heavy atom. The van der Waals surface area contributed by atoms with Crippen molar-refractivity contribution in [3.05, 3.63) is 0 Å². The van der Waals surface area contributed by atoms with E-state index in [4.69, 9.17) is 0 Å². The van der Waals surface area contributed by atoms with Gasteiger partial charge in [0.05, 0.1) is 0 Å². The van der Waals surface area contributed by atoms with Gasteiger partial charge in [-0.25, -0.2) is 0 Å². The summed E-state index contributed by atoms with van der Waals surface area (Å²) in [6, 6.07) is 0. The quantitative estimate of drug-likeness (QED) is 0.541. The number of ketones is 1. The molecule has 2 aliphatic rings. The van der Waals surface area contributed by atoms with Crippen LogP contribution < -0.4 is 0 Å². The molecule has 2 unspecified atom stereocenters. The molecule has 68 valence electrons. The van der Waals surface area contributed by atoms with Crippen LogP contribution in [0.3, 0.4) is 0 Å². The van der Waals surface area contributed by atoms with Gasteiger partial charge in [0.2, 0.25) is 0 Å². The Morgan fingerprint density at radius 1 is 1.25 bits per heavy atom. The van der Waals surface area contributed by atoms with Gasteiger partial charge in [0.1, 0.15) is 5.78 Å². The first kappa shape index (κ1) is 8.28. The molecule has 0 aliphatic heterocycles. The van der Waals surface area contributed by atoms with Crippen LogP contribution >= 0.6 is 0 Å². The highest BCUT2D eigenvalue weighted by Gasteiger charge is 2.46. The van der Waals surface area contributed by atoms with Crippen LogP contribution in [0.15, 0.2) is 0 Å². The van der Waals surface area contributed by atoms with Crippen molar-refractivity contribution in [1.29, 1.82) is 0 Å². The lowest BCUT2D eigenvalue weighted by Crippen LogP contribution is -2.39. The highest BCUT2D eigenvalue weighted by molar-refractivity contribution is 5.85. The zero-order valence-electron chi connectivity index (χ0n) is 8.10. The van der Waals surface area contributed by atoms with E-state index in [1.54, 1.807) is 0 Å². The van der Waals surface area contributed by atoms with Crippen LogP contribution in [0, 0.1) is 17.3 Å². The molecule has 0 saturated heterocycles. The predicted octanol–water partition coefficient (Wildman–Crippen LogP) is 2.79. The maximum Gasteiger partial charge on any atom is 0.138 e. The minimum atomic E-state index is -0.000579. The molecule has 0 heterocycles. The predicted molar refractivity (Wildman–Crippen MR) is 48.9 cm³/mol. The average Bonchev–Trinajstić information content (AvgIpc) is 2.46. The molecule has 12 heavy (non-hydrogen) atoms. The Kier molecular flexibility index (Phi) is 1.78. The molecule has 0 aromatic rings. The standard InChI is InChI=1S/C11H18O/c1-11(2)9-5-3-4-8(9)6-7-10(11)12/h8-9H,3-7H2,1-2H3. The number of fused-ring (bicyclic) bond motifs is 1. The maximum absolute atomic E-state index is 11.7. The Hall–Kier alpha value is -0.330. The van der Waals surface area contributed by atoms with Crippen LogP contribution in [0.4, 0.5) is 0 Å². The van der Waals surface area contributed by atoms with Crippen molar-refractivity contribution in [3.63, 3.8) is 0 Å². The van der Waals surface area contributed by atoms with Gasteiger partial charge in [-0.05, 0) is 24.7 Å².